The number of carboxylic acids is 1. The number of aryl methyl sites for hydroxylation is 1. The molecule has 0 aliphatic rings. The summed E-state index contributed by atoms with van der Waals surface area (Å²) in [6.45, 7) is 1.56. The van der Waals surface area contributed by atoms with Crippen LogP contribution in [-0.4, -0.2) is 77.9 Å². The van der Waals surface area contributed by atoms with Crippen LogP contribution in [0.15, 0.2) is 47.4 Å². The molecule has 38 heavy (non-hydrogen) atoms. The molecule has 0 atom stereocenters. The highest BCUT2D eigenvalue weighted by Crippen LogP contribution is 2.21. The van der Waals surface area contributed by atoms with Gasteiger partial charge in [0.25, 0.3) is 10.0 Å². The van der Waals surface area contributed by atoms with Gasteiger partial charge >= 0.3 is 24.0 Å². The molecule has 0 aliphatic carbocycles. The molecule has 3 rings (SSSR count). The highest BCUT2D eigenvalue weighted by molar-refractivity contribution is 7.90. The van der Waals surface area contributed by atoms with Crippen LogP contribution in [0, 0.1) is 6.92 Å². The van der Waals surface area contributed by atoms with Crippen molar-refractivity contribution in [3.63, 3.8) is 0 Å². The minimum Gasteiger partial charge on any atom is -0.508 e. The lowest BCUT2D eigenvalue weighted by Gasteiger charge is -2.17. The van der Waals surface area contributed by atoms with Gasteiger partial charge in [-0.25, -0.2) is 27.5 Å². The van der Waals surface area contributed by atoms with Crippen LogP contribution in [0.1, 0.15) is 26.5 Å². The molecule has 0 bridgehead atoms. The minimum absolute atomic E-state index is 0.0314. The molecule has 0 saturated heterocycles. The lowest BCUT2D eigenvalue weighted by molar-refractivity contribution is 0.0595. The molecule has 1 heterocycles. The Morgan fingerprint density at radius 1 is 0.974 bits per heavy atom. The van der Waals surface area contributed by atoms with Crippen molar-refractivity contribution in [1.29, 1.82) is 0 Å². The number of amides is 2. The van der Waals surface area contributed by atoms with Gasteiger partial charge in [-0.1, -0.05) is 12.1 Å². The Morgan fingerprint density at radius 2 is 1.63 bits per heavy atom. The summed E-state index contributed by atoms with van der Waals surface area (Å²) in [6, 6.07) is 7.58. The van der Waals surface area contributed by atoms with E-state index < -0.39 is 32.9 Å². The maximum atomic E-state index is 12.6. The third-order valence-corrected chi connectivity index (χ3v) is 5.89. The van der Waals surface area contributed by atoms with Crippen molar-refractivity contribution < 1.29 is 47.6 Å². The molecule has 2 aromatic carbocycles. The van der Waals surface area contributed by atoms with Crippen molar-refractivity contribution in [2.24, 2.45) is 0 Å². The molecule has 1 aromatic heterocycles. The number of phenols is 2. The minimum atomic E-state index is -4.37. The third-order valence-electron chi connectivity index (χ3n) is 4.52. The van der Waals surface area contributed by atoms with Crippen LogP contribution < -0.4 is 14.4 Å². The summed E-state index contributed by atoms with van der Waals surface area (Å²) in [6.07, 6.45) is 0. The quantitative estimate of drug-likeness (QED) is 0.252. The second kappa shape index (κ2) is 12.3. The maximum absolute atomic E-state index is 12.6. The van der Waals surface area contributed by atoms with Crippen molar-refractivity contribution in [3.05, 3.63) is 59.4 Å². The Balaban J connectivity index is 0.000000384. The number of aromatic carboxylic acids is 1. The zero-order valence-corrected chi connectivity index (χ0v) is 21.3. The van der Waals surface area contributed by atoms with Crippen LogP contribution in [0.4, 0.5) is 10.7 Å². The van der Waals surface area contributed by atoms with E-state index in [9.17, 15) is 22.8 Å². The van der Waals surface area contributed by atoms with E-state index in [2.05, 4.69) is 19.7 Å². The van der Waals surface area contributed by atoms with E-state index in [-0.39, 0.29) is 40.4 Å². The van der Waals surface area contributed by atoms with E-state index in [0.29, 0.717) is 0 Å². The number of aromatic nitrogens is 3. The molecule has 0 spiro atoms. The Labute approximate surface area is 216 Å². The van der Waals surface area contributed by atoms with Crippen molar-refractivity contribution in [2.75, 3.05) is 26.2 Å². The first-order valence-electron chi connectivity index (χ1n) is 10.3. The molecule has 16 heteroatoms. The van der Waals surface area contributed by atoms with Crippen molar-refractivity contribution in [3.8, 4) is 17.5 Å². The number of hydrogen-bond acceptors (Lipinski definition) is 12. The fraction of sp³-hybridized carbons (Fsp3) is 0.182. The average molecular weight is 550 g/mol. The molecule has 0 aliphatic heterocycles. The van der Waals surface area contributed by atoms with Gasteiger partial charge in [-0.2, -0.15) is 15.0 Å². The van der Waals surface area contributed by atoms with Gasteiger partial charge in [0.05, 0.1) is 19.8 Å². The molecule has 0 unspecified atom stereocenters. The monoisotopic (exact) mass is 549 g/mol. The molecule has 4 N–H and O–H groups in total. The molecular formula is C22H23N5O10S. The predicted octanol–water partition coefficient (Wildman–Crippen LogP) is 1.31. The van der Waals surface area contributed by atoms with Crippen LogP contribution in [-0.2, 0) is 14.8 Å². The Bertz CT molecular complexity index is 1460. The van der Waals surface area contributed by atoms with E-state index in [1.54, 1.807) is 6.92 Å². The van der Waals surface area contributed by atoms with E-state index in [0.717, 1.165) is 24.1 Å². The fourth-order valence-corrected chi connectivity index (χ4v) is 3.86. The lowest BCUT2D eigenvalue weighted by atomic mass is 10.2. The molecule has 0 radical (unpaired) electrons. The normalized spacial score (nSPS) is 10.4. The van der Waals surface area contributed by atoms with Gasteiger partial charge in [-0.15, -0.1) is 0 Å². The molecule has 2 amide bonds. The predicted molar refractivity (Wildman–Crippen MR) is 130 cm³/mol. The molecule has 0 saturated carbocycles. The van der Waals surface area contributed by atoms with E-state index in [1.165, 1.54) is 44.5 Å². The largest absolute Gasteiger partial charge is 0.508 e. The lowest BCUT2D eigenvalue weighted by Crippen LogP contribution is -2.42. The average Bonchev–Trinajstić information content (AvgIpc) is 2.88. The third kappa shape index (κ3) is 7.26. The number of hydrogen-bond donors (Lipinski definition) is 4. The number of anilines is 1. The number of nitrogens with one attached hydrogen (secondary N) is 1. The number of carbonyl (C=O) groups is 3. The standard InChI is InChI=1S/C15H17N5O6S.C7H6O4/c1-9-16-13(18-14(17-9)26-4)20(2)15(22)19-27(23,24)11-8-6-5-7-10(11)12(21)25-3;8-4-1-2-6(9)5(3-4)7(10)11/h5-8H,1-4H3,(H,19,22);1-3,8-9H,(H,10,11). The van der Waals surface area contributed by atoms with Crippen LogP contribution in [0.3, 0.4) is 0 Å². The van der Waals surface area contributed by atoms with E-state index in [4.69, 9.17) is 20.1 Å². The summed E-state index contributed by atoms with van der Waals surface area (Å²) in [4.78, 5) is 46.7. The number of benzene rings is 2. The molecule has 0 fully saturated rings. The summed E-state index contributed by atoms with van der Waals surface area (Å²) in [7, 11) is -0.640. The number of carbonyl (C=O) groups excluding carboxylic acids is 2. The van der Waals surface area contributed by atoms with Crippen molar-refractivity contribution in [2.45, 2.75) is 11.8 Å². The van der Waals surface area contributed by atoms with Gasteiger partial charge < -0.3 is 24.8 Å². The zero-order chi connectivity index (χ0) is 28.6. The molecule has 202 valence electrons. The van der Waals surface area contributed by atoms with Crippen LogP contribution in [0.25, 0.3) is 0 Å². The number of carboxylic acid groups (broad SMARTS) is 1. The van der Waals surface area contributed by atoms with Crippen molar-refractivity contribution >= 4 is 33.9 Å². The summed E-state index contributed by atoms with van der Waals surface area (Å²) >= 11 is 0. The topological polar surface area (TPSA) is 218 Å². The number of aromatic hydroxyl groups is 2. The number of nitrogens with zero attached hydrogens (tertiary/aromatic N) is 4. The van der Waals surface area contributed by atoms with E-state index in [1.807, 2.05) is 4.72 Å². The highest BCUT2D eigenvalue weighted by Gasteiger charge is 2.27. The van der Waals surface area contributed by atoms with Gasteiger partial charge in [-0.3, -0.25) is 4.90 Å². The van der Waals surface area contributed by atoms with Gasteiger partial charge in [0.2, 0.25) is 5.95 Å². The summed E-state index contributed by atoms with van der Waals surface area (Å²) in [5, 5.41) is 26.1. The smallest absolute Gasteiger partial charge is 0.339 e. The second-order valence-electron chi connectivity index (χ2n) is 7.13. The van der Waals surface area contributed by atoms with Crippen LogP contribution in [0.5, 0.6) is 17.5 Å². The summed E-state index contributed by atoms with van der Waals surface area (Å²) in [5.74, 6) is -2.49. The number of sulfonamides is 1. The Morgan fingerprint density at radius 3 is 2.21 bits per heavy atom. The van der Waals surface area contributed by atoms with Gasteiger partial charge in [0, 0.05) is 7.05 Å². The number of rotatable bonds is 6. The zero-order valence-electron chi connectivity index (χ0n) is 20.4. The van der Waals surface area contributed by atoms with Gasteiger partial charge in [-0.05, 0) is 37.3 Å². The van der Waals surface area contributed by atoms with Gasteiger partial charge in [0.1, 0.15) is 27.8 Å². The number of phenolic OH excluding ortho intramolecular Hbond substituents is 1. The Kier molecular flexibility index (Phi) is 9.47. The molecular weight excluding hydrogens is 526 g/mol. The number of esters is 1. The number of urea groups is 1. The SMILES string of the molecule is COC(=O)c1ccccc1S(=O)(=O)NC(=O)N(C)c1nc(C)nc(OC)n1.O=C(O)c1cc(O)ccc1O. The second-order valence-corrected chi connectivity index (χ2v) is 8.78. The van der Waals surface area contributed by atoms with Crippen LogP contribution >= 0.6 is 0 Å². The number of ether oxygens (including phenoxy) is 2. The summed E-state index contributed by atoms with van der Waals surface area (Å²) in [5.41, 5.74) is -0.509. The van der Waals surface area contributed by atoms with Crippen LogP contribution in [0.2, 0.25) is 0 Å². The highest BCUT2D eigenvalue weighted by atomic mass is 32.2. The first-order chi connectivity index (χ1) is 17.8. The van der Waals surface area contributed by atoms with Crippen molar-refractivity contribution in [1.82, 2.24) is 19.7 Å². The summed E-state index contributed by atoms with van der Waals surface area (Å²) < 4.78 is 36.5. The molecule has 15 nitrogen and oxygen atoms in total. The molecule has 3 aromatic rings. The first-order valence-corrected chi connectivity index (χ1v) is 11.8. The fourth-order valence-electron chi connectivity index (χ4n) is 2.69. The maximum Gasteiger partial charge on any atom is 0.339 e. The first kappa shape index (κ1) is 29.2. The van der Waals surface area contributed by atoms with E-state index >= 15 is 0 Å². The Hall–Kier alpha value is -4.99. The van der Waals surface area contributed by atoms with Gasteiger partial charge in [0.15, 0.2) is 0 Å². The number of methoxy groups -OCH3 is 2.